The van der Waals surface area contributed by atoms with Crippen molar-refractivity contribution in [1.29, 1.82) is 0 Å². The first-order valence-corrected chi connectivity index (χ1v) is 18.8. The molecule has 0 radical (unpaired) electrons. The molecule has 2 unspecified atom stereocenters. The maximum absolute atomic E-state index is 14.6. The van der Waals surface area contributed by atoms with Crippen LogP contribution in [0.1, 0.15) is 36.3 Å². The molecule has 11 nitrogen and oxygen atoms in total. The van der Waals surface area contributed by atoms with E-state index in [1.807, 2.05) is 56.3 Å². The van der Waals surface area contributed by atoms with Crippen LogP contribution in [0, 0.1) is 0 Å². The SMILES string of the molecule is CC1CN(C(=O)Cn2cc(N3CCCS3=O)n3c(=O)c(OCc4ccccc4)c(-c4ncc(Cc5ccc(Cl)c(Cl)c5)s4)nc23)C[C@H](C)O1. The van der Waals surface area contributed by atoms with Gasteiger partial charge in [-0.1, -0.05) is 59.6 Å². The van der Waals surface area contributed by atoms with Crippen LogP contribution in [0.5, 0.6) is 5.75 Å². The number of hydrogen-bond donors (Lipinski definition) is 0. The van der Waals surface area contributed by atoms with Crippen LogP contribution in [-0.4, -0.2) is 71.5 Å². The molecule has 7 rings (SSSR count). The van der Waals surface area contributed by atoms with Crippen molar-refractivity contribution >= 4 is 63.0 Å². The number of hydrogen-bond acceptors (Lipinski definition) is 8. The molecule has 3 aromatic heterocycles. The number of imidazole rings is 1. The summed E-state index contributed by atoms with van der Waals surface area (Å²) in [5.74, 6) is 0.994. The number of rotatable bonds is 9. The van der Waals surface area contributed by atoms with Gasteiger partial charge in [0.05, 0.1) is 22.3 Å². The maximum Gasteiger partial charge on any atom is 0.303 e. The monoisotopic (exact) mass is 740 g/mol. The van der Waals surface area contributed by atoms with E-state index in [9.17, 15) is 13.8 Å². The third-order valence-electron chi connectivity index (χ3n) is 8.39. The van der Waals surface area contributed by atoms with Crippen LogP contribution in [0.25, 0.3) is 16.5 Å². The average Bonchev–Trinajstić information content (AvgIpc) is 3.81. The normalized spacial score (nSPS) is 19.6. The molecule has 2 aliphatic heterocycles. The van der Waals surface area contributed by atoms with Crippen molar-refractivity contribution in [2.45, 2.75) is 52.0 Å². The molecule has 2 aromatic carbocycles. The van der Waals surface area contributed by atoms with Gasteiger partial charge in [-0.3, -0.25) is 13.9 Å². The van der Waals surface area contributed by atoms with Crippen LogP contribution in [0.4, 0.5) is 5.82 Å². The molecule has 2 fully saturated rings. The van der Waals surface area contributed by atoms with Gasteiger partial charge in [-0.25, -0.2) is 18.6 Å². The van der Waals surface area contributed by atoms with Gasteiger partial charge in [-0.15, -0.1) is 11.3 Å². The van der Waals surface area contributed by atoms with Crippen molar-refractivity contribution in [3.63, 3.8) is 0 Å². The molecule has 49 heavy (non-hydrogen) atoms. The third-order valence-corrected chi connectivity index (χ3v) is 11.6. The van der Waals surface area contributed by atoms with Crippen molar-refractivity contribution in [3.8, 4) is 16.5 Å². The molecule has 1 amide bonds. The van der Waals surface area contributed by atoms with E-state index >= 15 is 0 Å². The Bertz CT molecular complexity index is 2090. The molecule has 15 heteroatoms. The highest BCUT2D eigenvalue weighted by atomic mass is 35.5. The van der Waals surface area contributed by atoms with E-state index in [1.165, 1.54) is 15.7 Å². The van der Waals surface area contributed by atoms with Crippen LogP contribution in [0.15, 0.2) is 65.7 Å². The summed E-state index contributed by atoms with van der Waals surface area (Å²) < 4.78 is 30.0. The Labute approximate surface area is 299 Å². The number of amides is 1. The van der Waals surface area contributed by atoms with E-state index in [-0.39, 0.29) is 48.5 Å². The Morgan fingerprint density at radius 2 is 1.86 bits per heavy atom. The molecular weight excluding hydrogens is 707 g/mol. The number of benzene rings is 2. The number of ether oxygens (including phenoxy) is 2. The van der Waals surface area contributed by atoms with E-state index in [4.69, 9.17) is 37.7 Å². The van der Waals surface area contributed by atoms with E-state index in [0.717, 1.165) is 16.0 Å². The van der Waals surface area contributed by atoms with Crippen molar-refractivity contribution in [2.24, 2.45) is 0 Å². The molecule has 0 saturated carbocycles. The zero-order valence-corrected chi connectivity index (χ0v) is 30.0. The van der Waals surface area contributed by atoms with Crippen LogP contribution in [-0.2, 0) is 40.1 Å². The number of fused-ring (bicyclic) bond motifs is 1. The van der Waals surface area contributed by atoms with E-state index in [2.05, 4.69) is 4.98 Å². The second-order valence-electron chi connectivity index (χ2n) is 12.2. The molecule has 5 heterocycles. The first-order valence-electron chi connectivity index (χ1n) is 16.0. The van der Waals surface area contributed by atoms with Crippen LogP contribution in [0.3, 0.4) is 0 Å². The minimum atomic E-state index is -1.34. The molecule has 256 valence electrons. The minimum Gasteiger partial charge on any atom is -0.481 e. The first kappa shape index (κ1) is 33.7. The summed E-state index contributed by atoms with van der Waals surface area (Å²) in [6.07, 6.45) is 4.49. The predicted molar refractivity (Wildman–Crippen MR) is 192 cm³/mol. The number of carbonyl (C=O) groups is 1. The Balaban J connectivity index is 1.34. The van der Waals surface area contributed by atoms with Gasteiger partial charge in [-0.05, 0) is 43.5 Å². The van der Waals surface area contributed by atoms with Gasteiger partial charge in [0, 0.05) is 49.1 Å². The summed E-state index contributed by atoms with van der Waals surface area (Å²) in [4.78, 5) is 40.6. The highest BCUT2D eigenvalue weighted by Crippen LogP contribution is 2.34. The molecule has 3 atom stereocenters. The van der Waals surface area contributed by atoms with Crippen molar-refractivity contribution in [1.82, 2.24) is 23.8 Å². The van der Waals surface area contributed by atoms with Crippen LogP contribution < -0.4 is 14.6 Å². The lowest BCUT2D eigenvalue weighted by molar-refractivity contribution is -0.143. The molecule has 2 saturated heterocycles. The molecule has 0 bridgehead atoms. The van der Waals surface area contributed by atoms with Crippen molar-refractivity contribution in [2.75, 3.05) is 29.7 Å². The smallest absolute Gasteiger partial charge is 0.303 e. The zero-order valence-electron chi connectivity index (χ0n) is 26.9. The molecule has 0 aliphatic carbocycles. The van der Waals surface area contributed by atoms with Gasteiger partial charge in [-0.2, -0.15) is 0 Å². The molecule has 5 aromatic rings. The van der Waals surface area contributed by atoms with Crippen LogP contribution in [0.2, 0.25) is 10.0 Å². The van der Waals surface area contributed by atoms with Gasteiger partial charge in [0.1, 0.15) is 35.0 Å². The topological polar surface area (TPSA) is 111 Å². The number of morpholine rings is 1. The number of nitrogens with zero attached hydrogens (tertiary/aromatic N) is 6. The average molecular weight is 742 g/mol. The first-order chi connectivity index (χ1) is 23.6. The quantitative estimate of drug-likeness (QED) is 0.193. The third kappa shape index (κ3) is 7.13. The van der Waals surface area contributed by atoms with Gasteiger partial charge in [0.2, 0.25) is 17.4 Å². The number of anilines is 1. The number of halogens is 2. The minimum absolute atomic E-state index is 0.0166. The fraction of sp³-hybridized carbons (Fsp3) is 0.353. The largest absolute Gasteiger partial charge is 0.481 e. The second-order valence-corrected chi connectivity index (χ2v) is 15.6. The highest BCUT2D eigenvalue weighted by molar-refractivity contribution is 7.86. The Hall–Kier alpha value is -3.75. The predicted octanol–water partition coefficient (Wildman–Crippen LogP) is 5.61. The van der Waals surface area contributed by atoms with Crippen molar-refractivity contribution < 1.29 is 18.5 Å². The van der Waals surface area contributed by atoms with Gasteiger partial charge >= 0.3 is 5.56 Å². The number of aromatic nitrogens is 4. The highest BCUT2D eigenvalue weighted by Gasteiger charge is 2.31. The van der Waals surface area contributed by atoms with Gasteiger partial charge in [0.15, 0.2) is 5.69 Å². The summed E-state index contributed by atoms with van der Waals surface area (Å²) >= 11 is 13.8. The van der Waals surface area contributed by atoms with E-state index in [0.29, 0.717) is 59.1 Å². The standard InChI is InChI=1S/C34H34Cl2N6O5S2/c1-21-16-39(17-22(2)47-21)29(43)19-40-18-28(41-11-6-12-49(41)45)42-33(44)31(46-20-23-7-4-3-5-8-23)30(38-34(40)42)32-37-15-25(48-32)13-24-9-10-26(35)27(36)14-24/h3-5,7-10,14-15,18,21-22H,6,11-13,16-17,19-20H2,1-2H3/t21-,22?,49?/m0/s1. The summed E-state index contributed by atoms with van der Waals surface area (Å²) in [7, 11) is -1.34. The fourth-order valence-electron chi connectivity index (χ4n) is 6.18. The molecule has 2 aliphatic rings. The fourth-order valence-corrected chi connectivity index (χ4v) is 8.71. The lowest BCUT2D eigenvalue weighted by atomic mass is 10.1. The van der Waals surface area contributed by atoms with E-state index in [1.54, 1.807) is 32.2 Å². The Kier molecular flexibility index (Phi) is 9.80. The molecule has 0 N–H and O–H groups in total. The van der Waals surface area contributed by atoms with Crippen molar-refractivity contribution in [3.05, 3.63) is 97.3 Å². The van der Waals surface area contributed by atoms with E-state index < -0.39 is 16.5 Å². The summed E-state index contributed by atoms with van der Waals surface area (Å²) in [6, 6.07) is 15.0. The summed E-state index contributed by atoms with van der Waals surface area (Å²) in [5, 5.41) is 1.43. The molecular formula is C34H34Cl2N6O5S2. The zero-order chi connectivity index (χ0) is 34.2. The summed E-state index contributed by atoms with van der Waals surface area (Å²) in [6.45, 7) is 5.35. The lowest BCUT2D eigenvalue weighted by Crippen LogP contribution is -2.49. The number of thiazole rings is 1. The van der Waals surface area contributed by atoms with Gasteiger partial charge in [0.25, 0.3) is 0 Å². The van der Waals surface area contributed by atoms with Gasteiger partial charge < -0.3 is 18.9 Å². The van der Waals surface area contributed by atoms with Crippen LogP contribution >= 0.6 is 34.5 Å². The lowest BCUT2D eigenvalue weighted by Gasteiger charge is -2.35. The Morgan fingerprint density at radius 3 is 2.57 bits per heavy atom. The number of carbonyl (C=O) groups excluding carboxylic acids is 1. The molecule has 0 spiro atoms. The summed E-state index contributed by atoms with van der Waals surface area (Å²) in [5.41, 5.74) is 1.61. The Morgan fingerprint density at radius 1 is 1.08 bits per heavy atom. The maximum atomic E-state index is 14.6. The second kappa shape index (κ2) is 14.2.